The molecule has 1 aliphatic rings. The topological polar surface area (TPSA) is 54.4 Å². The van der Waals surface area contributed by atoms with E-state index < -0.39 is 0 Å². The van der Waals surface area contributed by atoms with Gasteiger partial charge in [-0.2, -0.15) is 0 Å². The fourth-order valence-corrected chi connectivity index (χ4v) is 4.34. The molecule has 1 fully saturated rings. The van der Waals surface area contributed by atoms with Gasteiger partial charge in [-0.05, 0) is 42.7 Å². The van der Waals surface area contributed by atoms with E-state index in [0.29, 0.717) is 24.5 Å². The zero-order valence-electron chi connectivity index (χ0n) is 16.9. The molecule has 0 aromatic heterocycles. The molecule has 0 spiro atoms. The fourth-order valence-electron chi connectivity index (χ4n) is 4.34. The number of ketones is 1. The minimum atomic E-state index is -0.377. The molecular weight excluding hydrogens is 336 g/mol. The van der Waals surface area contributed by atoms with Gasteiger partial charge < -0.3 is 9.90 Å². The van der Waals surface area contributed by atoms with E-state index in [1.807, 2.05) is 12.1 Å². The third-order valence-corrected chi connectivity index (χ3v) is 6.02. The summed E-state index contributed by atoms with van der Waals surface area (Å²) in [6, 6.07) is 8.34. The largest absolute Gasteiger partial charge is 0.388 e. The lowest BCUT2D eigenvalue weighted by Gasteiger charge is -2.20. The van der Waals surface area contributed by atoms with Crippen LogP contribution in [0.1, 0.15) is 107 Å². The lowest BCUT2D eigenvalue weighted by Crippen LogP contribution is -2.13. The van der Waals surface area contributed by atoms with E-state index in [2.05, 4.69) is 19.1 Å². The van der Waals surface area contributed by atoms with Crippen LogP contribution >= 0.6 is 0 Å². The van der Waals surface area contributed by atoms with E-state index in [1.54, 1.807) is 0 Å². The summed E-state index contributed by atoms with van der Waals surface area (Å²) in [6.45, 7) is 2.17. The maximum Gasteiger partial charge on any atom is 0.136 e. The molecule has 1 saturated carbocycles. The van der Waals surface area contributed by atoms with Gasteiger partial charge in [-0.15, -0.1) is 0 Å². The lowest BCUT2D eigenvalue weighted by atomic mass is 9.84. The molecule has 0 bridgehead atoms. The van der Waals surface area contributed by atoms with E-state index in [4.69, 9.17) is 0 Å². The van der Waals surface area contributed by atoms with Crippen LogP contribution in [0.15, 0.2) is 24.3 Å². The van der Waals surface area contributed by atoms with Crippen molar-refractivity contribution in [3.63, 3.8) is 0 Å². The zero-order valence-corrected chi connectivity index (χ0v) is 16.9. The highest BCUT2D eigenvalue weighted by Gasteiger charge is 2.34. The number of benzene rings is 1. The molecule has 1 aromatic rings. The molecule has 0 heterocycles. The molecule has 1 aliphatic carbocycles. The summed E-state index contributed by atoms with van der Waals surface area (Å²) >= 11 is 0. The second-order valence-corrected chi connectivity index (χ2v) is 8.05. The monoisotopic (exact) mass is 372 g/mol. The van der Waals surface area contributed by atoms with Crippen LogP contribution in [-0.4, -0.2) is 17.2 Å². The van der Waals surface area contributed by atoms with Crippen LogP contribution < -0.4 is 0 Å². The highest BCUT2D eigenvalue weighted by molar-refractivity contribution is 5.84. The van der Waals surface area contributed by atoms with Gasteiger partial charge >= 0.3 is 0 Å². The van der Waals surface area contributed by atoms with E-state index in [-0.39, 0.29) is 12.0 Å². The van der Waals surface area contributed by atoms with Crippen LogP contribution in [0.4, 0.5) is 0 Å². The average molecular weight is 373 g/mol. The Kier molecular flexibility index (Phi) is 9.75. The van der Waals surface area contributed by atoms with E-state index in [9.17, 15) is 14.7 Å². The fraction of sp³-hybridized carbons (Fsp3) is 0.667. The van der Waals surface area contributed by atoms with Crippen LogP contribution in [0.3, 0.4) is 0 Å². The first-order chi connectivity index (χ1) is 13.2. The van der Waals surface area contributed by atoms with Gasteiger partial charge in [0, 0.05) is 18.8 Å². The SMILES string of the molecule is CCCCC[C@H](O)c1ccc([C@@H]2CCC(=O)C2CCCCCCC=O)cc1. The maximum atomic E-state index is 12.4. The van der Waals surface area contributed by atoms with Gasteiger partial charge in [0.05, 0.1) is 6.10 Å². The Labute approximate surface area is 164 Å². The molecule has 0 aliphatic heterocycles. The summed E-state index contributed by atoms with van der Waals surface area (Å²) in [5.41, 5.74) is 2.24. The van der Waals surface area contributed by atoms with Crippen molar-refractivity contribution in [3.05, 3.63) is 35.4 Å². The van der Waals surface area contributed by atoms with Gasteiger partial charge in [0.25, 0.3) is 0 Å². The highest BCUT2D eigenvalue weighted by atomic mass is 16.3. The molecule has 3 nitrogen and oxygen atoms in total. The van der Waals surface area contributed by atoms with Crippen molar-refractivity contribution in [1.29, 1.82) is 0 Å². The minimum Gasteiger partial charge on any atom is -0.388 e. The van der Waals surface area contributed by atoms with Crippen molar-refractivity contribution in [3.8, 4) is 0 Å². The Morgan fingerprint density at radius 3 is 2.52 bits per heavy atom. The van der Waals surface area contributed by atoms with Crippen molar-refractivity contribution in [2.75, 3.05) is 0 Å². The van der Waals surface area contributed by atoms with Gasteiger partial charge in [-0.1, -0.05) is 69.7 Å². The molecule has 0 radical (unpaired) electrons. The minimum absolute atomic E-state index is 0.149. The van der Waals surface area contributed by atoms with Crippen molar-refractivity contribution in [1.82, 2.24) is 0 Å². The molecule has 2 rings (SSSR count). The molecule has 3 atom stereocenters. The summed E-state index contributed by atoms with van der Waals surface area (Å²) in [4.78, 5) is 22.7. The molecule has 1 unspecified atom stereocenters. The number of aliphatic hydroxyl groups is 1. The molecule has 0 saturated heterocycles. The van der Waals surface area contributed by atoms with Crippen LogP contribution in [0.2, 0.25) is 0 Å². The first-order valence-electron chi connectivity index (χ1n) is 10.9. The number of Topliss-reactive ketones (excluding diaryl/α,β-unsaturated/α-hetero) is 1. The first kappa shape index (κ1) is 21.8. The molecule has 27 heavy (non-hydrogen) atoms. The summed E-state index contributed by atoms with van der Waals surface area (Å²) in [5, 5.41) is 10.3. The van der Waals surface area contributed by atoms with Crippen molar-refractivity contribution in [2.45, 2.75) is 96.0 Å². The van der Waals surface area contributed by atoms with Crippen LogP contribution in [0.25, 0.3) is 0 Å². The lowest BCUT2D eigenvalue weighted by molar-refractivity contribution is -0.121. The molecule has 150 valence electrons. The number of hydrogen-bond acceptors (Lipinski definition) is 3. The third-order valence-electron chi connectivity index (χ3n) is 6.02. The molecule has 0 amide bonds. The Bertz CT molecular complexity index is 563. The van der Waals surface area contributed by atoms with E-state index in [0.717, 1.165) is 69.6 Å². The summed E-state index contributed by atoms with van der Waals surface area (Å²) in [5.74, 6) is 0.895. The second kappa shape index (κ2) is 12.1. The average Bonchev–Trinajstić information content (AvgIpc) is 3.05. The number of aliphatic hydroxyl groups excluding tert-OH is 1. The Morgan fingerprint density at radius 1 is 1.07 bits per heavy atom. The van der Waals surface area contributed by atoms with Crippen LogP contribution in [-0.2, 0) is 9.59 Å². The van der Waals surface area contributed by atoms with Crippen molar-refractivity contribution in [2.24, 2.45) is 5.92 Å². The third kappa shape index (κ3) is 6.88. The zero-order chi connectivity index (χ0) is 19.5. The molecular formula is C24H36O3. The number of rotatable bonds is 13. The quantitative estimate of drug-likeness (QED) is 0.346. The standard InChI is InChI=1S/C24H36O3/c1-2-3-7-11-23(26)20-14-12-19(13-15-20)21-16-17-24(27)22(21)10-8-5-4-6-9-18-25/h12-15,18,21-23,26H,2-11,16-17H2,1H3/t21-,22?,23-/m0/s1. The number of carbonyl (C=O) groups is 2. The predicted octanol–water partition coefficient (Wildman–Crippen LogP) is 5.90. The predicted molar refractivity (Wildman–Crippen MR) is 110 cm³/mol. The molecule has 3 heteroatoms. The van der Waals surface area contributed by atoms with Crippen molar-refractivity contribution < 1.29 is 14.7 Å². The Hall–Kier alpha value is -1.48. The van der Waals surface area contributed by atoms with Crippen LogP contribution in [0, 0.1) is 5.92 Å². The van der Waals surface area contributed by atoms with Gasteiger partial charge in [0.2, 0.25) is 0 Å². The van der Waals surface area contributed by atoms with Crippen LogP contribution in [0.5, 0.6) is 0 Å². The first-order valence-corrected chi connectivity index (χ1v) is 10.9. The number of aldehydes is 1. The second-order valence-electron chi connectivity index (χ2n) is 8.05. The van der Waals surface area contributed by atoms with Crippen molar-refractivity contribution >= 4 is 12.1 Å². The van der Waals surface area contributed by atoms with Gasteiger partial charge in [0.15, 0.2) is 0 Å². The smallest absolute Gasteiger partial charge is 0.136 e. The van der Waals surface area contributed by atoms with E-state index >= 15 is 0 Å². The summed E-state index contributed by atoms with van der Waals surface area (Å²) in [6.07, 6.45) is 12.3. The highest BCUT2D eigenvalue weighted by Crippen LogP contribution is 2.40. The number of unbranched alkanes of at least 4 members (excludes halogenated alkanes) is 6. The maximum absolute atomic E-state index is 12.4. The Morgan fingerprint density at radius 2 is 1.81 bits per heavy atom. The van der Waals surface area contributed by atoms with E-state index in [1.165, 1.54) is 12.0 Å². The number of carbonyl (C=O) groups excluding carboxylic acids is 2. The Balaban J connectivity index is 1.87. The summed E-state index contributed by atoms with van der Waals surface area (Å²) < 4.78 is 0. The van der Waals surface area contributed by atoms with Gasteiger partial charge in [-0.25, -0.2) is 0 Å². The molecule has 1 N–H and O–H groups in total. The number of hydrogen-bond donors (Lipinski definition) is 1. The van der Waals surface area contributed by atoms with Gasteiger partial charge in [-0.3, -0.25) is 4.79 Å². The summed E-state index contributed by atoms with van der Waals surface area (Å²) in [7, 11) is 0. The normalized spacial score (nSPS) is 20.7. The van der Waals surface area contributed by atoms with Gasteiger partial charge in [0.1, 0.15) is 12.1 Å². The molecule has 1 aromatic carbocycles.